The number of hydrogen-bond acceptors (Lipinski definition) is 4. The van der Waals surface area contributed by atoms with Gasteiger partial charge in [-0.25, -0.2) is 0 Å². The highest BCUT2D eigenvalue weighted by Gasteiger charge is 2.26. The Morgan fingerprint density at radius 1 is 1.43 bits per heavy atom. The standard InChI is InChI=1S/C16H26N4O/c1-4-20-9-7-14(8-10-20)19(3)16(21)15-6-5-13(18-17)11-12(15)2/h5-6,11,14,18H,4,7-10,17H2,1-3H3. The second-order valence-corrected chi connectivity index (χ2v) is 5.76. The quantitative estimate of drug-likeness (QED) is 0.656. The van der Waals surface area contributed by atoms with Gasteiger partial charge in [-0.15, -0.1) is 0 Å². The fraction of sp³-hybridized carbons (Fsp3) is 0.562. The van der Waals surface area contributed by atoms with E-state index < -0.39 is 0 Å². The Bertz CT molecular complexity index is 495. The Labute approximate surface area is 127 Å². The molecule has 1 aliphatic rings. The Balaban J connectivity index is 2.06. The van der Waals surface area contributed by atoms with Crippen LogP contribution in [0.3, 0.4) is 0 Å². The maximum atomic E-state index is 12.7. The SMILES string of the molecule is CCN1CCC(N(C)C(=O)c2ccc(NN)cc2C)CC1. The van der Waals surface area contributed by atoms with Crippen molar-refractivity contribution in [2.45, 2.75) is 32.7 Å². The lowest BCUT2D eigenvalue weighted by atomic mass is 10.0. The molecule has 116 valence electrons. The van der Waals surface area contributed by atoms with Crippen molar-refractivity contribution >= 4 is 11.6 Å². The van der Waals surface area contributed by atoms with Crippen LogP contribution in [0.4, 0.5) is 5.69 Å². The van der Waals surface area contributed by atoms with Gasteiger partial charge in [0.25, 0.3) is 5.91 Å². The summed E-state index contributed by atoms with van der Waals surface area (Å²) < 4.78 is 0. The van der Waals surface area contributed by atoms with Crippen LogP contribution in [0.1, 0.15) is 35.7 Å². The van der Waals surface area contributed by atoms with E-state index in [1.165, 1.54) is 0 Å². The Hall–Kier alpha value is -1.59. The molecule has 5 heteroatoms. The number of nitrogens with zero attached hydrogens (tertiary/aromatic N) is 2. The van der Waals surface area contributed by atoms with Crippen molar-refractivity contribution in [2.75, 3.05) is 32.1 Å². The summed E-state index contributed by atoms with van der Waals surface area (Å²) >= 11 is 0. The number of aryl methyl sites for hydroxylation is 1. The molecule has 1 fully saturated rings. The average molecular weight is 290 g/mol. The third-order valence-corrected chi connectivity index (χ3v) is 4.50. The zero-order valence-electron chi connectivity index (χ0n) is 13.2. The number of amides is 1. The lowest BCUT2D eigenvalue weighted by molar-refractivity contribution is 0.0646. The molecule has 1 aromatic carbocycles. The first-order valence-electron chi connectivity index (χ1n) is 7.63. The number of nitrogen functional groups attached to an aromatic ring is 1. The minimum absolute atomic E-state index is 0.103. The summed E-state index contributed by atoms with van der Waals surface area (Å²) in [4.78, 5) is 17.0. The number of nitrogens with two attached hydrogens (primary N) is 1. The molecule has 1 aromatic rings. The molecule has 5 nitrogen and oxygen atoms in total. The topological polar surface area (TPSA) is 61.6 Å². The summed E-state index contributed by atoms with van der Waals surface area (Å²) in [5.41, 5.74) is 5.14. The van der Waals surface area contributed by atoms with Crippen LogP contribution in [-0.4, -0.2) is 48.4 Å². The van der Waals surface area contributed by atoms with Gasteiger partial charge in [0, 0.05) is 37.4 Å². The Morgan fingerprint density at radius 3 is 2.62 bits per heavy atom. The minimum Gasteiger partial charge on any atom is -0.339 e. The summed E-state index contributed by atoms with van der Waals surface area (Å²) in [6.07, 6.45) is 2.11. The van der Waals surface area contributed by atoms with E-state index in [0.717, 1.165) is 49.3 Å². The van der Waals surface area contributed by atoms with Crippen molar-refractivity contribution in [3.8, 4) is 0 Å². The molecular weight excluding hydrogens is 264 g/mol. The van der Waals surface area contributed by atoms with Crippen LogP contribution in [0.5, 0.6) is 0 Å². The Kier molecular flexibility index (Phi) is 5.20. The third-order valence-electron chi connectivity index (χ3n) is 4.50. The number of piperidine rings is 1. The van der Waals surface area contributed by atoms with Crippen LogP contribution in [-0.2, 0) is 0 Å². The Morgan fingerprint density at radius 2 is 2.10 bits per heavy atom. The second-order valence-electron chi connectivity index (χ2n) is 5.76. The van der Waals surface area contributed by atoms with Crippen LogP contribution in [0.2, 0.25) is 0 Å². The van der Waals surface area contributed by atoms with Gasteiger partial charge in [-0.05, 0) is 50.1 Å². The average Bonchev–Trinajstić information content (AvgIpc) is 2.53. The van der Waals surface area contributed by atoms with Crippen LogP contribution < -0.4 is 11.3 Å². The van der Waals surface area contributed by atoms with E-state index in [9.17, 15) is 4.79 Å². The summed E-state index contributed by atoms with van der Waals surface area (Å²) in [6, 6.07) is 5.94. The fourth-order valence-electron chi connectivity index (χ4n) is 2.97. The highest BCUT2D eigenvalue weighted by molar-refractivity contribution is 5.96. The molecule has 1 aliphatic heterocycles. The monoisotopic (exact) mass is 290 g/mol. The lowest BCUT2D eigenvalue weighted by Crippen LogP contribution is -2.45. The van der Waals surface area contributed by atoms with Gasteiger partial charge >= 0.3 is 0 Å². The van der Waals surface area contributed by atoms with E-state index in [4.69, 9.17) is 5.84 Å². The zero-order chi connectivity index (χ0) is 15.4. The summed E-state index contributed by atoms with van der Waals surface area (Å²) in [7, 11) is 1.92. The van der Waals surface area contributed by atoms with E-state index >= 15 is 0 Å². The number of anilines is 1. The number of carbonyl (C=O) groups is 1. The van der Waals surface area contributed by atoms with Gasteiger partial charge in [0.2, 0.25) is 0 Å². The van der Waals surface area contributed by atoms with E-state index in [-0.39, 0.29) is 5.91 Å². The van der Waals surface area contributed by atoms with Crippen molar-refractivity contribution in [1.29, 1.82) is 0 Å². The molecule has 1 amide bonds. The number of benzene rings is 1. The van der Waals surface area contributed by atoms with E-state index in [1.54, 1.807) is 0 Å². The lowest BCUT2D eigenvalue weighted by Gasteiger charge is -2.36. The summed E-state index contributed by atoms with van der Waals surface area (Å²) in [6.45, 7) is 7.38. The second kappa shape index (κ2) is 6.91. The van der Waals surface area contributed by atoms with Gasteiger partial charge in [0.1, 0.15) is 0 Å². The zero-order valence-corrected chi connectivity index (χ0v) is 13.2. The van der Waals surface area contributed by atoms with Gasteiger partial charge in [-0.3, -0.25) is 10.6 Å². The molecule has 0 bridgehead atoms. The largest absolute Gasteiger partial charge is 0.339 e. The predicted octanol–water partition coefficient (Wildman–Crippen LogP) is 1.84. The smallest absolute Gasteiger partial charge is 0.254 e. The molecule has 21 heavy (non-hydrogen) atoms. The molecule has 3 N–H and O–H groups in total. The number of rotatable bonds is 4. The highest BCUT2D eigenvalue weighted by Crippen LogP contribution is 2.20. The van der Waals surface area contributed by atoms with E-state index in [2.05, 4.69) is 17.2 Å². The minimum atomic E-state index is 0.103. The maximum Gasteiger partial charge on any atom is 0.254 e. The number of hydrogen-bond donors (Lipinski definition) is 2. The fourth-order valence-corrected chi connectivity index (χ4v) is 2.97. The molecule has 0 radical (unpaired) electrons. The van der Waals surface area contributed by atoms with Crippen LogP contribution in [0, 0.1) is 6.92 Å². The van der Waals surface area contributed by atoms with Gasteiger partial charge in [0.05, 0.1) is 0 Å². The van der Waals surface area contributed by atoms with Crippen molar-refractivity contribution in [3.05, 3.63) is 29.3 Å². The molecular formula is C16H26N4O. The molecule has 0 spiro atoms. The van der Waals surface area contributed by atoms with E-state index in [1.807, 2.05) is 37.1 Å². The molecule has 0 saturated carbocycles. The van der Waals surface area contributed by atoms with Crippen LogP contribution in [0.25, 0.3) is 0 Å². The first kappa shape index (κ1) is 15.8. The molecule has 0 atom stereocenters. The third kappa shape index (κ3) is 3.54. The maximum absolute atomic E-state index is 12.7. The van der Waals surface area contributed by atoms with Gasteiger partial charge in [0.15, 0.2) is 0 Å². The first-order chi connectivity index (χ1) is 10.1. The molecule has 0 aromatic heterocycles. The van der Waals surface area contributed by atoms with Crippen molar-refractivity contribution in [2.24, 2.45) is 5.84 Å². The van der Waals surface area contributed by atoms with Crippen LogP contribution in [0.15, 0.2) is 18.2 Å². The van der Waals surface area contributed by atoms with Gasteiger partial charge in [-0.1, -0.05) is 6.92 Å². The highest BCUT2D eigenvalue weighted by atomic mass is 16.2. The summed E-state index contributed by atoms with van der Waals surface area (Å²) in [5.74, 6) is 5.50. The predicted molar refractivity (Wildman–Crippen MR) is 86.2 cm³/mol. The number of nitrogens with one attached hydrogen (secondary N) is 1. The van der Waals surface area contributed by atoms with Crippen molar-refractivity contribution in [1.82, 2.24) is 9.80 Å². The number of carbonyl (C=O) groups excluding carboxylic acids is 1. The first-order valence-corrected chi connectivity index (χ1v) is 7.63. The van der Waals surface area contributed by atoms with E-state index in [0.29, 0.717) is 6.04 Å². The number of likely N-dealkylation sites (tertiary alicyclic amines) is 1. The molecule has 0 unspecified atom stereocenters. The molecule has 2 rings (SSSR count). The molecule has 1 saturated heterocycles. The molecule has 0 aliphatic carbocycles. The number of hydrazine groups is 1. The van der Waals surface area contributed by atoms with Gasteiger partial charge in [-0.2, -0.15) is 0 Å². The van der Waals surface area contributed by atoms with Gasteiger partial charge < -0.3 is 15.2 Å². The molecule has 1 heterocycles. The van der Waals surface area contributed by atoms with Crippen molar-refractivity contribution < 1.29 is 4.79 Å². The summed E-state index contributed by atoms with van der Waals surface area (Å²) in [5, 5.41) is 0. The normalized spacial score (nSPS) is 16.8. The van der Waals surface area contributed by atoms with Crippen molar-refractivity contribution in [3.63, 3.8) is 0 Å². The van der Waals surface area contributed by atoms with Crippen LogP contribution >= 0.6 is 0 Å².